The number of thiocarbonyl (C=S) groups is 1. The number of fused-ring (bicyclic) bond motifs is 1. The summed E-state index contributed by atoms with van der Waals surface area (Å²) in [6.45, 7) is 0.471. The Labute approximate surface area is 140 Å². The van der Waals surface area contributed by atoms with Gasteiger partial charge in [-0.15, -0.1) is 0 Å². The van der Waals surface area contributed by atoms with Gasteiger partial charge in [-0.1, -0.05) is 23.5 Å². The second-order valence-electron chi connectivity index (χ2n) is 4.69. The van der Waals surface area contributed by atoms with Gasteiger partial charge in [-0.2, -0.15) is 0 Å². The van der Waals surface area contributed by atoms with Gasteiger partial charge in [-0.05, 0) is 42.0 Å². The van der Waals surface area contributed by atoms with E-state index in [4.69, 9.17) is 12.2 Å². The number of hydrazine groups is 1. The molecule has 0 unspecified atom stereocenters. The average molecular weight is 350 g/mol. The first-order valence-corrected chi connectivity index (χ1v) is 7.93. The Kier molecular flexibility index (Phi) is 4.63. The van der Waals surface area contributed by atoms with Crippen LogP contribution in [0, 0.1) is 11.6 Å². The molecule has 0 aliphatic heterocycles. The predicted octanol–water partition coefficient (Wildman–Crippen LogP) is 3.57. The first-order valence-electron chi connectivity index (χ1n) is 6.70. The van der Waals surface area contributed by atoms with Crippen LogP contribution in [0.4, 0.5) is 13.9 Å². The normalized spacial score (nSPS) is 10.5. The molecular weight excluding hydrogens is 338 g/mol. The molecule has 0 saturated heterocycles. The third kappa shape index (κ3) is 4.11. The molecule has 1 heterocycles. The molecule has 3 rings (SSSR count). The minimum absolute atomic E-state index is 0.275. The number of anilines is 1. The van der Waals surface area contributed by atoms with E-state index in [0.29, 0.717) is 22.3 Å². The lowest BCUT2D eigenvalue weighted by Gasteiger charge is -2.10. The van der Waals surface area contributed by atoms with E-state index in [1.54, 1.807) is 18.2 Å². The van der Waals surface area contributed by atoms with Crippen molar-refractivity contribution in [2.75, 3.05) is 5.43 Å². The number of halogens is 2. The van der Waals surface area contributed by atoms with Gasteiger partial charge in [0.25, 0.3) is 0 Å². The molecule has 2 aromatic carbocycles. The molecule has 118 valence electrons. The molecule has 0 spiro atoms. The summed E-state index contributed by atoms with van der Waals surface area (Å²) in [6, 6.07) is 10.6. The van der Waals surface area contributed by atoms with Gasteiger partial charge in [0, 0.05) is 12.6 Å². The number of rotatable bonds is 4. The molecule has 0 fully saturated rings. The van der Waals surface area contributed by atoms with E-state index < -0.39 is 0 Å². The summed E-state index contributed by atoms with van der Waals surface area (Å²) in [5.74, 6) is -0.595. The summed E-state index contributed by atoms with van der Waals surface area (Å²) < 4.78 is 26.8. The Morgan fingerprint density at radius 3 is 2.61 bits per heavy atom. The third-order valence-corrected chi connectivity index (χ3v) is 4.20. The van der Waals surface area contributed by atoms with Crippen LogP contribution in [0.15, 0.2) is 42.5 Å². The van der Waals surface area contributed by atoms with Crippen molar-refractivity contribution in [1.82, 2.24) is 15.7 Å². The van der Waals surface area contributed by atoms with Crippen LogP contribution in [0.1, 0.15) is 5.56 Å². The maximum Gasteiger partial charge on any atom is 0.202 e. The van der Waals surface area contributed by atoms with Crippen molar-refractivity contribution in [3.05, 3.63) is 59.7 Å². The van der Waals surface area contributed by atoms with Crippen LogP contribution in [-0.4, -0.2) is 10.1 Å². The van der Waals surface area contributed by atoms with Crippen molar-refractivity contribution < 1.29 is 8.78 Å². The molecule has 0 saturated carbocycles. The maximum atomic E-state index is 13.1. The fourth-order valence-corrected chi connectivity index (χ4v) is 2.82. The van der Waals surface area contributed by atoms with Gasteiger partial charge < -0.3 is 5.32 Å². The first-order chi connectivity index (χ1) is 11.1. The van der Waals surface area contributed by atoms with E-state index >= 15 is 0 Å². The lowest BCUT2D eigenvalue weighted by Crippen LogP contribution is -2.38. The quantitative estimate of drug-likeness (QED) is 0.496. The van der Waals surface area contributed by atoms with Crippen LogP contribution in [0.2, 0.25) is 0 Å². The Morgan fingerprint density at radius 1 is 1.09 bits per heavy atom. The van der Waals surface area contributed by atoms with Crippen molar-refractivity contribution in [2.45, 2.75) is 6.54 Å². The highest BCUT2D eigenvalue weighted by Crippen LogP contribution is 2.25. The van der Waals surface area contributed by atoms with Crippen LogP contribution < -0.4 is 16.2 Å². The molecule has 3 N–H and O–H groups in total. The van der Waals surface area contributed by atoms with Crippen LogP contribution in [0.25, 0.3) is 10.2 Å². The summed E-state index contributed by atoms with van der Waals surface area (Å²) in [5, 5.41) is 3.94. The molecule has 4 nitrogen and oxygen atoms in total. The highest BCUT2D eigenvalue weighted by atomic mass is 32.1. The maximum absolute atomic E-state index is 13.1. The smallest absolute Gasteiger partial charge is 0.202 e. The van der Waals surface area contributed by atoms with E-state index in [9.17, 15) is 8.78 Å². The zero-order valence-electron chi connectivity index (χ0n) is 11.8. The summed E-state index contributed by atoms with van der Waals surface area (Å²) in [7, 11) is 0. The van der Waals surface area contributed by atoms with Gasteiger partial charge in [-0.25, -0.2) is 13.8 Å². The average Bonchev–Trinajstić information content (AvgIpc) is 2.94. The zero-order chi connectivity index (χ0) is 16.2. The summed E-state index contributed by atoms with van der Waals surface area (Å²) in [4.78, 5) is 4.25. The molecule has 0 radical (unpaired) electrons. The fraction of sp³-hybridized carbons (Fsp3) is 0.0667. The molecule has 23 heavy (non-hydrogen) atoms. The highest BCUT2D eigenvalue weighted by molar-refractivity contribution is 7.80. The van der Waals surface area contributed by atoms with Gasteiger partial charge in [0.05, 0.1) is 10.2 Å². The second-order valence-corrected chi connectivity index (χ2v) is 6.13. The van der Waals surface area contributed by atoms with Gasteiger partial charge in [0.2, 0.25) is 5.13 Å². The number of hydrogen-bond donors (Lipinski definition) is 3. The predicted molar refractivity (Wildman–Crippen MR) is 92.2 cm³/mol. The Bertz CT molecular complexity index is 833. The number of hydrogen-bond acceptors (Lipinski definition) is 4. The topological polar surface area (TPSA) is 49.0 Å². The van der Waals surface area contributed by atoms with E-state index in [0.717, 1.165) is 10.3 Å². The number of thiazole rings is 1. The van der Waals surface area contributed by atoms with E-state index in [-0.39, 0.29) is 11.6 Å². The Hall–Kier alpha value is -2.32. The van der Waals surface area contributed by atoms with Gasteiger partial charge >= 0.3 is 0 Å². The van der Waals surface area contributed by atoms with Gasteiger partial charge in [-0.3, -0.25) is 10.9 Å². The zero-order valence-corrected chi connectivity index (χ0v) is 13.4. The molecule has 1 aromatic heterocycles. The van der Waals surface area contributed by atoms with Crippen LogP contribution in [0.5, 0.6) is 0 Å². The van der Waals surface area contributed by atoms with Gasteiger partial charge in [0.15, 0.2) is 5.11 Å². The molecule has 0 bridgehead atoms. The lowest BCUT2D eigenvalue weighted by molar-refractivity contribution is 0.626. The van der Waals surface area contributed by atoms with E-state index in [2.05, 4.69) is 21.2 Å². The number of nitrogens with one attached hydrogen (secondary N) is 3. The molecule has 0 amide bonds. The van der Waals surface area contributed by atoms with Crippen molar-refractivity contribution in [2.24, 2.45) is 0 Å². The standard InChI is InChI=1S/C15H12F2N4S2/c16-10-3-1-9(2-4-10)8-18-14(22)20-21-15-19-12-7-11(17)5-6-13(12)23-15/h1-7H,8H2,(H,19,21)(H2,18,20,22). The van der Waals surface area contributed by atoms with E-state index in [1.165, 1.54) is 35.6 Å². The fourth-order valence-electron chi connectivity index (χ4n) is 1.89. The van der Waals surface area contributed by atoms with Crippen molar-refractivity contribution in [3.8, 4) is 0 Å². The monoisotopic (exact) mass is 350 g/mol. The van der Waals surface area contributed by atoms with Crippen LogP contribution in [-0.2, 0) is 6.54 Å². The lowest BCUT2D eigenvalue weighted by atomic mass is 10.2. The molecular formula is C15H12F2N4S2. The highest BCUT2D eigenvalue weighted by Gasteiger charge is 2.05. The number of benzene rings is 2. The molecule has 0 aliphatic carbocycles. The second kappa shape index (κ2) is 6.84. The van der Waals surface area contributed by atoms with Crippen LogP contribution in [0.3, 0.4) is 0 Å². The first kappa shape index (κ1) is 15.6. The summed E-state index contributed by atoms with van der Waals surface area (Å²) >= 11 is 6.52. The minimum atomic E-state index is -0.321. The van der Waals surface area contributed by atoms with Crippen molar-refractivity contribution in [1.29, 1.82) is 0 Å². The molecule has 0 atom stereocenters. The SMILES string of the molecule is Fc1ccc(CNC(=S)NNc2nc3cc(F)ccc3s2)cc1. The number of nitrogens with zero attached hydrogens (tertiary/aromatic N) is 1. The van der Waals surface area contributed by atoms with Crippen LogP contribution >= 0.6 is 23.6 Å². The Morgan fingerprint density at radius 2 is 1.83 bits per heavy atom. The summed E-state index contributed by atoms with van der Waals surface area (Å²) in [6.07, 6.45) is 0. The summed E-state index contributed by atoms with van der Waals surface area (Å²) in [5.41, 5.74) is 7.17. The molecule has 3 aromatic rings. The minimum Gasteiger partial charge on any atom is -0.357 e. The number of aromatic nitrogens is 1. The van der Waals surface area contributed by atoms with Crippen molar-refractivity contribution in [3.63, 3.8) is 0 Å². The third-order valence-electron chi connectivity index (χ3n) is 3.00. The molecule has 8 heteroatoms. The Balaban J connectivity index is 1.52. The van der Waals surface area contributed by atoms with E-state index in [1.807, 2.05) is 0 Å². The molecule has 0 aliphatic rings. The van der Waals surface area contributed by atoms with Crippen molar-refractivity contribution >= 4 is 44.0 Å². The van der Waals surface area contributed by atoms with Gasteiger partial charge in [0.1, 0.15) is 11.6 Å². The largest absolute Gasteiger partial charge is 0.357 e.